The van der Waals surface area contributed by atoms with E-state index in [0.717, 1.165) is 0 Å². The Morgan fingerprint density at radius 3 is 2.21 bits per heavy atom. The first-order valence-electron chi connectivity index (χ1n) is 12.0. The molecule has 0 spiro atoms. The maximum absolute atomic E-state index is 13.6. The second kappa shape index (κ2) is 11.6. The Hall–Kier alpha value is -4.37. The van der Waals surface area contributed by atoms with Gasteiger partial charge in [-0.2, -0.15) is 0 Å². The summed E-state index contributed by atoms with van der Waals surface area (Å²) in [7, 11) is 5.81. The van der Waals surface area contributed by atoms with E-state index < -0.39 is 23.5 Å². The summed E-state index contributed by atoms with van der Waals surface area (Å²) >= 11 is 6.26. The number of carbonyl (C=O) groups is 2. The number of anilines is 1. The van der Waals surface area contributed by atoms with E-state index in [9.17, 15) is 14.7 Å². The third-order valence-electron chi connectivity index (χ3n) is 6.30. The summed E-state index contributed by atoms with van der Waals surface area (Å²) in [6, 6.07) is 13.7. The Balaban J connectivity index is 2.01. The van der Waals surface area contributed by atoms with E-state index in [4.69, 9.17) is 35.3 Å². The Bertz CT molecular complexity index is 1450. The first-order chi connectivity index (χ1) is 18.8. The quantitative estimate of drug-likeness (QED) is 0.213. The van der Waals surface area contributed by atoms with Gasteiger partial charge in [-0.15, -0.1) is 0 Å². The molecule has 0 aliphatic carbocycles. The van der Waals surface area contributed by atoms with E-state index in [1.807, 2.05) is 6.92 Å². The number of nitrogens with zero attached hydrogens (tertiary/aromatic N) is 1. The van der Waals surface area contributed by atoms with Gasteiger partial charge in [-0.05, 0) is 42.8 Å². The van der Waals surface area contributed by atoms with Crippen LogP contribution in [-0.4, -0.2) is 51.8 Å². The van der Waals surface area contributed by atoms with E-state index >= 15 is 0 Å². The molecule has 39 heavy (non-hydrogen) atoms. The smallest absolute Gasteiger partial charge is 0.300 e. The lowest BCUT2D eigenvalue weighted by atomic mass is 9.94. The number of halogens is 1. The van der Waals surface area contributed by atoms with Gasteiger partial charge in [0.15, 0.2) is 11.5 Å². The van der Waals surface area contributed by atoms with Crippen LogP contribution in [0.1, 0.15) is 24.1 Å². The molecule has 1 fully saturated rings. The number of hydrogen-bond donors (Lipinski definition) is 1. The van der Waals surface area contributed by atoms with Crippen molar-refractivity contribution in [3.8, 4) is 28.7 Å². The number of rotatable bonds is 9. The predicted molar refractivity (Wildman–Crippen MR) is 146 cm³/mol. The first-order valence-corrected chi connectivity index (χ1v) is 12.3. The number of aliphatic hydroxyl groups is 1. The standard InChI is InChI=1S/C29H28ClNO8/c1-6-39-18-9-7-8-17(13-18)31-26(16-10-11-21(35-2)24(12-16)38-5)25(28(33)29(31)34)27(32)19-14-23(37-4)20(30)15-22(19)36-3/h7-15,26,32H,6H2,1-5H3/b27-25+. The van der Waals surface area contributed by atoms with Gasteiger partial charge in [0, 0.05) is 17.8 Å². The van der Waals surface area contributed by atoms with Crippen LogP contribution in [0.4, 0.5) is 5.69 Å². The van der Waals surface area contributed by atoms with Crippen molar-refractivity contribution in [2.24, 2.45) is 0 Å². The second-order valence-corrected chi connectivity index (χ2v) is 8.81. The summed E-state index contributed by atoms with van der Waals surface area (Å²) in [5.41, 5.74) is 0.875. The Labute approximate surface area is 231 Å². The Morgan fingerprint density at radius 1 is 0.872 bits per heavy atom. The van der Waals surface area contributed by atoms with Crippen LogP contribution in [0.25, 0.3) is 5.76 Å². The summed E-state index contributed by atoms with van der Waals surface area (Å²) in [6.45, 7) is 2.26. The summed E-state index contributed by atoms with van der Waals surface area (Å²) in [4.78, 5) is 28.5. The molecular weight excluding hydrogens is 526 g/mol. The fourth-order valence-electron chi connectivity index (χ4n) is 4.52. The normalized spacial score (nSPS) is 16.3. The largest absolute Gasteiger partial charge is 0.507 e. The molecule has 0 aromatic heterocycles. The summed E-state index contributed by atoms with van der Waals surface area (Å²) in [6.07, 6.45) is 0. The van der Waals surface area contributed by atoms with Crippen molar-refractivity contribution in [1.29, 1.82) is 0 Å². The monoisotopic (exact) mass is 553 g/mol. The molecule has 1 N–H and O–H groups in total. The molecule has 9 nitrogen and oxygen atoms in total. The molecule has 3 aromatic carbocycles. The SMILES string of the molecule is CCOc1cccc(N2C(=O)C(=O)/C(=C(/O)c3cc(OC)c(Cl)cc3OC)C2c2ccc(OC)c(OC)c2)c1. The highest BCUT2D eigenvalue weighted by Crippen LogP contribution is 2.46. The number of carbonyl (C=O) groups excluding carboxylic acids is 2. The van der Waals surface area contributed by atoms with Gasteiger partial charge in [0.2, 0.25) is 0 Å². The lowest BCUT2D eigenvalue weighted by molar-refractivity contribution is -0.132. The van der Waals surface area contributed by atoms with Crippen molar-refractivity contribution in [3.05, 3.63) is 76.3 Å². The van der Waals surface area contributed by atoms with Crippen LogP contribution in [0.2, 0.25) is 5.02 Å². The zero-order chi connectivity index (χ0) is 28.3. The third kappa shape index (κ3) is 5.05. The number of ketones is 1. The molecule has 3 aromatic rings. The number of methoxy groups -OCH3 is 4. The molecule has 10 heteroatoms. The van der Waals surface area contributed by atoms with E-state index in [-0.39, 0.29) is 27.7 Å². The van der Waals surface area contributed by atoms with Crippen molar-refractivity contribution in [2.45, 2.75) is 13.0 Å². The average molecular weight is 554 g/mol. The minimum atomic E-state index is -1.03. The van der Waals surface area contributed by atoms with Crippen LogP contribution < -0.4 is 28.6 Å². The third-order valence-corrected chi connectivity index (χ3v) is 6.60. The highest BCUT2D eigenvalue weighted by Gasteiger charge is 2.47. The number of ether oxygens (including phenoxy) is 5. The van der Waals surface area contributed by atoms with Gasteiger partial charge in [0.1, 0.15) is 23.0 Å². The Kier molecular flexibility index (Phi) is 8.21. The van der Waals surface area contributed by atoms with Gasteiger partial charge in [-0.3, -0.25) is 14.5 Å². The van der Waals surface area contributed by atoms with Crippen molar-refractivity contribution in [1.82, 2.24) is 0 Å². The van der Waals surface area contributed by atoms with Gasteiger partial charge in [0.25, 0.3) is 11.7 Å². The number of amides is 1. The van der Waals surface area contributed by atoms with Crippen LogP contribution in [0.5, 0.6) is 28.7 Å². The first kappa shape index (κ1) is 27.7. The molecule has 1 atom stereocenters. The van der Waals surface area contributed by atoms with Crippen LogP contribution >= 0.6 is 11.6 Å². The van der Waals surface area contributed by atoms with Crippen molar-refractivity contribution < 1.29 is 38.4 Å². The van der Waals surface area contributed by atoms with Gasteiger partial charge in [-0.1, -0.05) is 23.7 Å². The molecular formula is C29H28ClNO8. The van der Waals surface area contributed by atoms with Crippen LogP contribution in [0.15, 0.2) is 60.2 Å². The van der Waals surface area contributed by atoms with E-state index in [1.165, 1.54) is 45.5 Å². The minimum Gasteiger partial charge on any atom is -0.507 e. The second-order valence-electron chi connectivity index (χ2n) is 8.40. The number of aliphatic hydroxyl groups excluding tert-OH is 1. The molecule has 1 saturated heterocycles. The molecule has 1 aliphatic heterocycles. The fraction of sp³-hybridized carbons (Fsp3) is 0.241. The van der Waals surface area contributed by atoms with E-state index in [1.54, 1.807) is 42.5 Å². The minimum absolute atomic E-state index is 0.130. The van der Waals surface area contributed by atoms with Gasteiger partial charge in [-0.25, -0.2) is 0 Å². The molecule has 1 heterocycles. The molecule has 1 aliphatic rings. The maximum Gasteiger partial charge on any atom is 0.300 e. The maximum atomic E-state index is 13.6. The van der Waals surface area contributed by atoms with E-state index in [0.29, 0.717) is 35.1 Å². The molecule has 0 radical (unpaired) electrons. The molecule has 204 valence electrons. The molecule has 1 unspecified atom stereocenters. The molecule has 4 rings (SSSR count). The van der Waals surface area contributed by atoms with Crippen molar-refractivity contribution in [3.63, 3.8) is 0 Å². The predicted octanol–water partition coefficient (Wildman–Crippen LogP) is 5.40. The van der Waals surface area contributed by atoms with Crippen LogP contribution in [-0.2, 0) is 9.59 Å². The highest BCUT2D eigenvalue weighted by molar-refractivity contribution is 6.51. The zero-order valence-corrected chi connectivity index (χ0v) is 22.9. The van der Waals surface area contributed by atoms with Gasteiger partial charge in [0.05, 0.1) is 57.2 Å². The lowest BCUT2D eigenvalue weighted by Crippen LogP contribution is -2.29. The van der Waals surface area contributed by atoms with Crippen molar-refractivity contribution >= 4 is 34.7 Å². The zero-order valence-electron chi connectivity index (χ0n) is 22.1. The fourth-order valence-corrected chi connectivity index (χ4v) is 4.75. The Morgan fingerprint density at radius 2 is 1.56 bits per heavy atom. The summed E-state index contributed by atoms with van der Waals surface area (Å²) in [5, 5.41) is 11.9. The average Bonchev–Trinajstić information content (AvgIpc) is 3.22. The number of Topliss-reactive ketones (excluding diaryl/α,β-unsaturated/α-hetero) is 1. The van der Waals surface area contributed by atoms with Crippen LogP contribution in [0.3, 0.4) is 0 Å². The summed E-state index contributed by atoms with van der Waals surface area (Å²) in [5.74, 6) is -0.366. The number of hydrogen-bond acceptors (Lipinski definition) is 8. The molecule has 0 bridgehead atoms. The van der Waals surface area contributed by atoms with Gasteiger partial charge >= 0.3 is 0 Å². The lowest BCUT2D eigenvalue weighted by Gasteiger charge is -2.26. The van der Waals surface area contributed by atoms with E-state index in [2.05, 4.69) is 0 Å². The molecule has 1 amide bonds. The molecule has 0 saturated carbocycles. The number of benzene rings is 3. The van der Waals surface area contributed by atoms with Crippen molar-refractivity contribution in [2.75, 3.05) is 39.9 Å². The van der Waals surface area contributed by atoms with Crippen LogP contribution in [0, 0.1) is 0 Å². The topological polar surface area (TPSA) is 104 Å². The highest BCUT2D eigenvalue weighted by atomic mass is 35.5. The van der Waals surface area contributed by atoms with Gasteiger partial charge < -0.3 is 28.8 Å². The summed E-state index contributed by atoms with van der Waals surface area (Å²) < 4.78 is 27.2.